The van der Waals surface area contributed by atoms with E-state index in [0.29, 0.717) is 0 Å². The first-order chi connectivity index (χ1) is 11.2. The molecule has 0 spiro atoms. The number of H-pyrrole nitrogens is 1. The summed E-state index contributed by atoms with van der Waals surface area (Å²) < 4.78 is 21.5. The van der Waals surface area contributed by atoms with Crippen molar-refractivity contribution in [2.75, 3.05) is 13.2 Å². The molecule has 12 nitrogen and oxygen atoms in total. The van der Waals surface area contributed by atoms with Crippen molar-refractivity contribution in [1.29, 1.82) is 0 Å². The number of azide groups is 1. The average Bonchev–Trinajstić information content (AvgIpc) is 2.89. The molecule has 0 amide bonds. The summed E-state index contributed by atoms with van der Waals surface area (Å²) in [5, 5.41) is 3.41. The van der Waals surface area contributed by atoms with E-state index < -0.39 is 43.9 Å². The molecule has 0 aliphatic carbocycles. The van der Waals surface area contributed by atoms with Crippen molar-refractivity contribution >= 4 is 7.82 Å². The number of nitrogens with zero attached hydrogens (tertiary/aromatic N) is 4. The molecule has 0 aromatic carbocycles. The Bertz CT molecular complexity index is 808. The van der Waals surface area contributed by atoms with Crippen LogP contribution in [-0.4, -0.2) is 28.8 Å². The SMILES string of the molecule is Cc1cn([C@H]2C[C@H](CN=[N+]=[N-])[C@@H](COP(=O)([O-])[O-])O2)c(=O)[nH]c1=O. The maximum atomic E-state index is 11.9. The van der Waals surface area contributed by atoms with Crippen LogP contribution in [0.15, 0.2) is 20.9 Å². The summed E-state index contributed by atoms with van der Waals surface area (Å²) >= 11 is 0. The lowest BCUT2D eigenvalue weighted by molar-refractivity contribution is -0.343. The Morgan fingerprint density at radius 2 is 2.29 bits per heavy atom. The van der Waals surface area contributed by atoms with Crippen molar-refractivity contribution in [3.63, 3.8) is 0 Å². The van der Waals surface area contributed by atoms with Crippen LogP contribution in [0.3, 0.4) is 0 Å². The number of aromatic nitrogens is 2. The fraction of sp³-hybridized carbons (Fsp3) is 0.636. The Hall–Kier alpha value is -1.94. The van der Waals surface area contributed by atoms with Gasteiger partial charge in [-0.2, -0.15) is 0 Å². The molecule has 0 bridgehead atoms. The monoisotopic (exact) mass is 359 g/mol. The van der Waals surface area contributed by atoms with Gasteiger partial charge in [0.15, 0.2) is 0 Å². The van der Waals surface area contributed by atoms with Crippen LogP contribution < -0.4 is 21.0 Å². The van der Waals surface area contributed by atoms with Gasteiger partial charge in [0, 0.05) is 23.2 Å². The van der Waals surface area contributed by atoms with Crippen LogP contribution in [0.1, 0.15) is 18.2 Å². The van der Waals surface area contributed by atoms with Gasteiger partial charge in [0.25, 0.3) is 5.56 Å². The van der Waals surface area contributed by atoms with Crippen molar-refractivity contribution in [2.24, 2.45) is 11.0 Å². The number of aryl methyl sites for hydroxylation is 1. The van der Waals surface area contributed by atoms with Gasteiger partial charge in [0.2, 0.25) is 0 Å². The van der Waals surface area contributed by atoms with Gasteiger partial charge in [-0.1, -0.05) is 5.11 Å². The highest BCUT2D eigenvalue weighted by Crippen LogP contribution is 2.35. The van der Waals surface area contributed by atoms with Crippen molar-refractivity contribution in [3.05, 3.63) is 43.0 Å². The van der Waals surface area contributed by atoms with Gasteiger partial charge >= 0.3 is 5.69 Å². The first-order valence-corrected chi connectivity index (χ1v) is 8.32. The molecule has 0 unspecified atom stereocenters. The molecule has 0 radical (unpaired) electrons. The van der Waals surface area contributed by atoms with Crippen LogP contribution in [0.2, 0.25) is 0 Å². The highest BCUT2D eigenvalue weighted by Gasteiger charge is 2.36. The smallest absolute Gasteiger partial charge is 0.330 e. The minimum absolute atomic E-state index is 0.0277. The van der Waals surface area contributed by atoms with E-state index in [1.807, 2.05) is 0 Å². The number of ether oxygens (including phenoxy) is 1. The molecule has 2 rings (SSSR count). The molecular formula is C11H14N5O7P-2. The fourth-order valence-electron chi connectivity index (χ4n) is 2.43. The van der Waals surface area contributed by atoms with Crippen molar-refractivity contribution in [3.8, 4) is 0 Å². The molecule has 1 saturated heterocycles. The lowest BCUT2D eigenvalue weighted by Gasteiger charge is -2.30. The molecule has 1 aliphatic heterocycles. The van der Waals surface area contributed by atoms with E-state index in [4.69, 9.17) is 10.3 Å². The summed E-state index contributed by atoms with van der Waals surface area (Å²) in [4.78, 5) is 49.3. The molecule has 1 aliphatic rings. The molecule has 24 heavy (non-hydrogen) atoms. The maximum absolute atomic E-state index is 11.9. The third-order valence-corrected chi connectivity index (χ3v) is 4.06. The van der Waals surface area contributed by atoms with Crippen LogP contribution >= 0.6 is 7.82 Å². The van der Waals surface area contributed by atoms with E-state index in [1.165, 1.54) is 13.1 Å². The third kappa shape index (κ3) is 4.54. The third-order valence-electron chi connectivity index (χ3n) is 3.59. The van der Waals surface area contributed by atoms with Crippen LogP contribution in [-0.2, 0) is 13.8 Å². The molecule has 132 valence electrons. The van der Waals surface area contributed by atoms with E-state index in [1.54, 1.807) is 0 Å². The van der Waals surface area contributed by atoms with Crippen molar-refractivity contribution in [1.82, 2.24) is 9.55 Å². The summed E-state index contributed by atoms with van der Waals surface area (Å²) in [5.74, 6) is -0.461. The quantitative estimate of drug-likeness (QED) is 0.289. The molecule has 1 aromatic heterocycles. The molecule has 2 heterocycles. The zero-order valence-electron chi connectivity index (χ0n) is 12.5. The summed E-state index contributed by atoms with van der Waals surface area (Å²) in [5.41, 5.74) is 7.47. The number of phosphoric acid groups is 1. The standard InChI is InChI=1S/C11H16N5O7P/c1-6-4-16(11(18)14-10(6)17)9-2-7(3-13-15-12)8(23-9)5-22-24(19,20)21/h4,7-9H,2-3,5H2,1H3,(H,14,17,18)(H2,19,20,21)/p-2/t7-,8-,9-/m1/s1. The molecule has 13 heteroatoms. The topological polar surface area (TPSA) is 185 Å². The average molecular weight is 359 g/mol. The van der Waals surface area contributed by atoms with Crippen molar-refractivity contribution in [2.45, 2.75) is 25.7 Å². The molecule has 3 atom stereocenters. The summed E-state index contributed by atoms with van der Waals surface area (Å²) in [6, 6.07) is 0. The first-order valence-electron chi connectivity index (χ1n) is 6.86. The number of nitrogens with one attached hydrogen (secondary N) is 1. The summed E-state index contributed by atoms with van der Waals surface area (Å²) in [6.07, 6.45) is -0.166. The second-order valence-corrected chi connectivity index (χ2v) is 6.41. The van der Waals surface area contributed by atoms with Gasteiger partial charge in [0.1, 0.15) is 6.23 Å². The van der Waals surface area contributed by atoms with Crippen LogP contribution in [0, 0.1) is 12.8 Å². The molecule has 1 N–H and O–H groups in total. The van der Waals surface area contributed by atoms with Gasteiger partial charge in [-0.3, -0.25) is 14.3 Å². The normalized spacial score (nSPS) is 23.9. The lowest BCUT2D eigenvalue weighted by atomic mass is 10.0. The second kappa shape index (κ2) is 7.31. The predicted molar refractivity (Wildman–Crippen MR) is 75.6 cm³/mol. The van der Waals surface area contributed by atoms with Gasteiger partial charge in [-0.05, 0) is 24.8 Å². The van der Waals surface area contributed by atoms with Gasteiger partial charge in [-0.25, -0.2) is 4.79 Å². The zero-order valence-corrected chi connectivity index (χ0v) is 13.4. The highest BCUT2D eigenvalue weighted by molar-refractivity contribution is 7.43. The molecule has 1 fully saturated rings. The van der Waals surface area contributed by atoms with Gasteiger partial charge in [-0.15, -0.1) is 0 Å². The van der Waals surface area contributed by atoms with Crippen LogP contribution in [0.5, 0.6) is 0 Å². The Balaban J connectivity index is 2.23. The second-order valence-electron chi connectivity index (χ2n) is 5.26. The van der Waals surface area contributed by atoms with Gasteiger partial charge < -0.3 is 23.6 Å². The number of rotatable bonds is 6. The minimum atomic E-state index is -5.19. The number of aromatic amines is 1. The summed E-state index contributed by atoms with van der Waals surface area (Å²) in [6.45, 7) is 0.927. The minimum Gasteiger partial charge on any atom is -0.790 e. The number of phosphoric ester groups is 1. The molecule has 0 saturated carbocycles. The van der Waals surface area contributed by atoms with E-state index in [0.717, 1.165) is 4.57 Å². The zero-order chi connectivity index (χ0) is 17.9. The van der Waals surface area contributed by atoms with E-state index in [-0.39, 0.29) is 18.5 Å². The van der Waals surface area contributed by atoms with Gasteiger partial charge in [0.05, 0.1) is 20.5 Å². The Morgan fingerprint density at radius 1 is 1.58 bits per heavy atom. The van der Waals surface area contributed by atoms with Crippen LogP contribution in [0.25, 0.3) is 10.4 Å². The van der Waals surface area contributed by atoms with Crippen LogP contribution in [0.4, 0.5) is 0 Å². The fourth-order valence-corrected chi connectivity index (χ4v) is 2.76. The van der Waals surface area contributed by atoms with E-state index in [2.05, 4.69) is 19.5 Å². The molecular weight excluding hydrogens is 345 g/mol. The Kier molecular flexibility index (Phi) is 5.60. The number of hydrogen-bond acceptors (Lipinski definition) is 8. The Labute approximate surface area is 134 Å². The lowest BCUT2D eigenvalue weighted by Crippen LogP contribution is -2.33. The summed E-state index contributed by atoms with van der Waals surface area (Å²) in [7, 11) is -5.19. The molecule has 1 aromatic rings. The highest BCUT2D eigenvalue weighted by atomic mass is 31.2. The van der Waals surface area contributed by atoms with E-state index >= 15 is 0 Å². The number of hydrogen-bond donors (Lipinski definition) is 1. The predicted octanol–water partition coefficient (Wildman–Crippen LogP) is -1.10. The first kappa shape index (κ1) is 18.4. The Morgan fingerprint density at radius 3 is 2.92 bits per heavy atom. The van der Waals surface area contributed by atoms with Crippen molar-refractivity contribution < 1.29 is 23.6 Å². The largest absolute Gasteiger partial charge is 0.790 e. The maximum Gasteiger partial charge on any atom is 0.330 e. The van der Waals surface area contributed by atoms with E-state index in [9.17, 15) is 23.9 Å².